The number of hydrogen-bond acceptors (Lipinski definition) is 2. The van der Waals surface area contributed by atoms with Gasteiger partial charge in [0.15, 0.2) is 0 Å². The molecule has 2 aromatic rings. The van der Waals surface area contributed by atoms with Gasteiger partial charge < -0.3 is 10.5 Å². The molecule has 0 fully saturated rings. The van der Waals surface area contributed by atoms with Gasteiger partial charge in [0, 0.05) is 17.7 Å². The molecule has 0 amide bonds. The van der Waals surface area contributed by atoms with Crippen molar-refractivity contribution in [2.75, 3.05) is 0 Å². The third kappa shape index (κ3) is 3.51. The minimum absolute atomic E-state index is 0.0277. The number of halogens is 3. The Morgan fingerprint density at radius 2 is 1.65 bits per heavy atom. The molecule has 20 heavy (non-hydrogen) atoms. The average molecular weight is 281 g/mol. The third-order valence-corrected chi connectivity index (χ3v) is 2.78. The molecule has 2 rings (SSSR count). The molecular formula is C15H14F3NO. The Morgan fingerprint density at radius 1 is 1.00 bits per heavy atom. The van der Waals surface area contributed by atoms with E-state index < -0.39 is 23.5 Å². The lowest BCUT2D eigenvalue weighted by Gasteiger charge is -2.14. The third-order valence-electron chi connectivity index (χ3n) is 2.78. The van der Waals surface area contributed by atoms with Crippen molar-refractivity contribution >= 4 is 0 Å². The maximum atomic E-state index is 13.2. The number of rotatable bonds is 4. The molecule has 0 aliphatic carbocycles. The van der Waals surface area contributed by atoms with Crippen LogP contribution in [0.1, 0.15) is 24.1 Å². The second-order valence-electron chi connectivity index (χ2n) is 4.54. The highest BCUT2D eigenvalue weighted by atomic mass is 19.1. The zero-order valence-electron chi connectivity index (χ0n) is 10.9. The molecule has 106 valence electrons. The summed E-state index contributed by atoms with van der Waals surface area (Å²) in [6.45, 7) is 1.67. The second kappa shape index (κ2) is 5.96. The normalized spacial score (nSPS) is 12.2. The van der Waals surface area contributed by atoms with Gasteiger partial charge in [-0.1, -0.05) is 0 Å². The molecule has 0 unspecified atom stereocenters. The van der Waals surface area contributed by atoms with E-state index in [-0.39, 0.29) is 6.61 Å². The zero-order chi connectivity index (χ0) is 14.7. The van der Waals surface area contributed by atoms with Gasteiger partial charge in [-0.25, -0.2) is 13.2 Å². The first-order valence-electron chi connectivity index (χ1n) is 6.08. The molecule has 0 saturated carbocycles. The summed E-state index contributed by atoms with van der Waals surface area (Å²) in [6.07, 6.45) is 0. The maximum Gasteiger partial charge on any atom is 0.126 e. The molecule has 2 nitrogen and oxygen atoms in total. The van der Waals surface area contributed by atoms with E-state index in [1.807, 2.05) is 0 Å². The Labute approximate surface area is 115 Å². The quantitative estimate of drug-likeness (QED) is 0.927. The molecule has 2 N–H and O–H groups in total. The van der Waals surface area contributed by atoms with Gasteiger partial charge in [-0.3, -0.25) is 0 Å². The summed E-state index contributed by atoms with van der Waals surface area (Å²) >= 11 is 0. The van der Waals surface area contributed by atoms with Gasteiger partial charge in [-0.15, -0.1) is 0 Å². The van der Waals surface area contributed by atoms with Crippen LogP contribution in [0.3, 0.4) is 0 Å². The fourth-order valence-electron chi connectivity index (χ4n) is 1.86. The molecule has 0 saturated heterocycles. The Hall–Kier alpha value is -2.01. The highest BCUT2D eigenvalue weighted by Crippen LogP contribution is 2.25. The van der Waals surface area contributed by atoms with E-state index in [1.165, 1.54) is 30.3 Å². The van der Waals surface area contributed by atoms with Crippen LogP contribution in [0.4, 0.5) is 13.2 Å². The van der Waals surface area contributed by atoms with Crippen molar-refractivity contribution in [2.24, 2.45) is 5.73 Å². The molecule has 0 aliphatic rings. The largest absolute Gasteiger partial charge is 0.489 e. The lowest BCUT2D eigenvalue weighted by Crippen LogP contribution is -2.08. The van der Waals surface area contributed by atoms with Crippen molar-refractivity contribution in [1.29, 1.82) is 0 Å². The zero-order valence-corrected chi connectivity index (χ0v) is 10.9. The minimum atomic E-state index is -0.671. The van der Waals surface area contributed by atoms with Crippen molar-refractivity contribution in [3.63, 3.8) is 0 Å². The molecule has 1 atom stereocenters. The summed E-state index contributed by atoms with van der Waals surface area (Å²) in [6, 6.07) is 6.71. The SMILES string of the molecule is C[C@@H](N)c1cc(F)ccc1OCc1cc(F)cc(F)c1. The molecule has 5 heteroatoms. The van der Waals surface area contributed by atoms with Gasteiger partial charge in [0.2, 0.25) is 0 Å². The Morgan fingerprint density at radius 3 is 2.25 bits per heavy atom. The van der Waals surface area contributed by atoms with Crippen LogP contribution in [0, 0.1) is 17.5 Å². The fourth-order valence-corrected chi connectivity index (χ4v) is 1.86. The van der Waals surface area contributed by atoms with Gasteiger partial charge in [-0.2, -0.15) is 0 Å². The van der Waals surface area contributed by atoms with Crippen molar-refractivity contribution in [1.82, 2.24) is 0 Å². The average Bonchev–Trinajstić information content (AvgIpc) is 2.36. The Bertz CT molecular complexity index is 594. The van der Waals surface area contributed by atoms with E-state index in [0.29, 0.717) is 16.9 Å². The number of nitrogens with two attached hydrogens (primary N) is 1. The number of benzene rings is 2. The summed E-state index contributed by atoms with van der Waals surface area (Å²) in [5.74, 6) is -1.36. The maximum absolute atomic E-state index is 13.2. The van der Waals surface area contributed by atoms with Crippen molar-refractivity contribution < 1.29 is 17.9 Å². The lowest BCUT2D eigenvalue weighted by atomic mass is 10.1. The smallest absolute Gasteiger partial charge is 0.126 e. The van der Waals surface area contributed by atoms with Gasteiger partial charge in [0.1, 0.15) is 29.8 Å². The summed E-state index contributed by atoms with van der Waals surface area (Å²) in [5, 5.41) is 0. The molecule has 0 aliphatic heterocycles. The number of hydrogen-bond donors (Lipinski definition) is 1. The number of ether oxygens (including phenoxy) is 1. The monoisotopic (exact) mass is 281 g/mol. The molecular weight excluding hydrogens is 267 g/mol. The van der Waals surface area contributed by atoms with Crippen LogP contribution in [0.15, 0.2) is 36.4 Å². The molecule has 0 spiro atoms. The summed E-state index contributed by atoms with van der Waals surface area (Å²) < 4.78 is 44.7. The first-order valence-corrected chi connectivity index (χ1v) is 6.08. The van der Waals surface area contributed by atoms with Crippen molar-refractivity contribution in [3.05, 3.63) is 65.0 Å². The van der Waals surface area contributed by atoms with Crippen LogP contribution in [-0.4, -0.2) is 0 Å². The van der Waals surface area contributed by atoms with Crippen LogP contribution >= 0.6 is 0 Å². The van der Waals surface area contributed by atoms with Gasteiger partial charge in [-0.05, 0) is 42.8 Å². The molecule has 0 heterocycles. The predicted molar refractivity (Wildman–Crippen MR) is 69.7 cm³/mol. The van der Waals surface area contributed by atoms with Crippen LogP contribution in [-0.2, 0) is 6.61 Å². The standard InChI is InChI=1S/C15H14F3NO/c1-9(19)14-7-11(16)2-3-15(14)20-8-10-4-12(17)6-13(18)5-10/h2-7,9H,8,19H2,1H3/t9-/m1/s1. The second-order valence-corrected chi connectivity index (χ2v) is 4.54. The fraction of sp³-hybridized carbons (Fsp3) is 0.200. The molecule has 0 bridgehead atoms. The first-order chi connectivity index (χ1) is 9.45. The van der Waals surface area contributed by atoms with Gasteiger partial charge >= 0.3 is 0 Å². The van der Waals surface area contributed by atoms with Crippen molar-refractivity contribution in [3.8, 4) is 5.75 Å². The lowest BCUT2D eigenvalue weighted by molar-refractivity contribution is 0.299. The molecule has 0 aromatic heterocycles. The highest BCUT2D eigenvalue weighted by Gasteiger charge is 2.10. The van der Waals surface area contributed by atoms with Crippen molar-refractivity contribution in [2.45, 2.75) is 19.6 Å². The van der Waals surface area contributed by atoms with E-state index in [0.717, 1.165) is 6.07 Å². The van der Waals surface area contributed by atoms with E-state index in [2.05, 4.69) is 0 Å². The van der Waals surface area contributed by atoms with Gasteiger partial charge in [0.05, 0.1) is 0 Å². The van der Waals surface area contributed by atoms with Crippen LogP contribution in [0.25, 0.3) is 0 Å². The highest BCUT2D eigenvalue weighted by molar-refractivity contribution is 5.36. The summed E-state index contributed by atoms with van der Waals surface area (Å²) in [5.41, 5.74) is 6.59. The van der Waals surface area contributed by atoms with Crippen LogP contribution < -0.4 is 10.5 Å². The summed E-state index contributed by atoms with van der Waals surface area (Å²) in [7, 11) is 0. The summed E-state index contributed by atoms with van der Waals surface area (Å²) in [4.78, 5) is 0. The predicted octanol–water partition coefficient (Wildman–Crippen LogP) is 3.70. The van der Waals surface area contributed by atoms with E-state index in [9.17, 15) is 13.2 Å². The molecule has 2 aromatic carbocycles. The van der Waals surface area contributed by atoms with E-state index in [4.69, 9.17) is 10.5 Å². The van der Waals surface area contributed by atoms with E-state index >= 15 is 0 Å². The Balaban J connectivity index is 2.18. The van der Waals surface area contributed by atoms with Crippen LogP contribution in [0.5, 0.6) is 5.75 Å². The first kappa shape index (κ1) is 14.4. The topological polar surface area (TPSA) is 35.2 Å². The van der Waals surface area contributed by atoms with E-state index in [1.54, 1.807) is 6.92 Å². The minimum Gasteiger partial charge on any atom is -0.489 e. The molecule has 0 radical (unpaired) electrons. The van der Waals surface area contributed by atoms with Gasteiger partial charge in [0.25, 0.3) is 0 Å². The van der Waals surface area contributed by atoms with Crippen LogP contribution in [0.2, 0.25) is 0 Å². The Kier molecular flexibility index (Phi) is 4.29.